The summed E-state index contributed by atoms with van der Waals surface area (Å²) in [5, 5.41) is 2.48. The van der Waals surface area contributed by atoms with Crippen molar-refractivity contribution in [3.05, 3.63) is 59.2 Å². The van der Waals surface area contributed by atoms with Crippen LogP contribution in [0.15, 0.2) is 42.5 Å². The van der Waals surface area contributed by atoms with Crippen LogP contribution in [0.2, 0.25) is 0 Å². The van der Waals surface area contributed by atoms with E-state index in [2.05, 4.69) is 5.32 Å². The number of nitrogens with one attached hydrogen (secondary N) is 1. The number of fused-ring (bicyclic) bond motifs is 2. The molecule has 30 heavy (non-hydrogen) atoms. The van der Waals surface area contributed by atoms with Crippen LogP contribution in [0.3, 0.4) is 0 Å². The zero-order valence-electron chi connectivity index (χ0n) is 16.2. The van der Waals surface area contributed by atoms with Crippen LogP contribution < -0.4 is 10.1 Å². The summed E-state index contributed by atoms with van der Waals surface area (Å²) in [5.74, 6) is -0.656. The van der Waals surface area contributed by atoms with Crippen molar-refractivity contribution in [2.24, 2.45) is 0 Å². The van der Waals surface area contributed by atoms with Gasteiger partial charge >= 0.3 is 6.18 Å². The average Bonchev–Trinajstić information content (AvgIpc) is 2.73. The van der Waals surface area contributed by atoms with Gasteiger partial charge in [0.15, 0.2) is 0 Å². The van der Waals surface area contributed by atoms with Crippen LogP contribution in [0.4, 0.5) is 18.9 Å². The minimum Gasteiger partial charge on any atom is -0.493 e. The van der Waals surface area contributed by atoms with E-state index in [-0.39, 0.29) is 17.6 Å². The van der Waals surface area contributed by atoms with Crippen molar-refractivity contribution in [1.29, 1.82) is 0 Å². The van der Waals surface area contributed by atoms with Gasteiger partial charge in [0.25, 0.3) is 11.8 Å². The Morgan fingerprint density at radius 2 is 1.90 bits per heavy atom. The Bertz CT molecular complexity index is 974. The maximum absolute atomic E-state index is 13.2. The number of carbonyl (C=O) groups excluding carboxylic acids is 2. The number of piperidine rings is 1. The summed E-state index contributed by atoms with van der Waals surface area (Å²) in [6.45, 7) is 1.14. The third-order valence-electron chi connectivity index (χ3n) is 5.54. The summed E-state index contributed by atoms with van der Waals surface area (Å²) < 4.78 is 45.4. The molecular formula is C22H21F3N2O3. The summed E-state index contributed by atoms with van der Waals surface area (Å²) in [7, 11) is 0. The van der Waals surface area contributed by atoms with Gasteiger partial charge in [-0.25, -0.2) is 0 Å². The van der Waals surface area contributed by atoms with Gasteiger partial charge in [0.05, 0.1) is 23.3 Å². The van der Waals surface area contributed by atoms with E-state index in [1.165, 1.54) is 24.3 Å². The standard InChI is InChI=1S/C22H21F3N2O3/c23-22(24,25)18-7-2-1-6-16(18)20(28)26-14-8-9-19-17(13-14)21(29)27-11-4-3-5-15(27)10-12-30-19/h1-2,6-9,13,15H,3-5,10-12H2,(H,26,28). The van der Waals surface area contributed by atoms with Gasteiger partial charge in [-0.15, -0.1) is 0 Å². The molecule has 1 saturated heterocycles. The number of anilines is 1. The lowest BCUT2D eigenvalue weighted by Gasteiger charge is -2.37. The molecule has 0 aromatic heterocycles. The second kappa shape index (κ2) is 8.01. The molecule has 1 N–H and O–H groups in total. The normalized spacial score (nSPS) is 19.1. The van der Waals surface area contributed by atoms with Crippen LogP contribution in [-0.4, -0.2) is 35.9 Å². The molecule has 5 nitrogen and oxygen atoms in total. The molecule has 1 fully saturated rings. The van der Waals surface area contributed by atoms with Gasteiger partial charge in [0, 0.05) is 24.7 Å². The third kappa shape index (κ3) is 3.99. The van der Waals surface area contributed by atoms with E-state index < -0.39 is 23.2 Å². The molecule has 0 saturated carbocycles. The van der Waals surface area contributed by atoms with Crippen molar-refractivity contribution in [2.75, 3.05) is 18.5 Å². The molecule has 158 valence electrons. The first-order chi connectivity index (χ1) is 14.3. The van der Waals surface area contributed by atoms with Gasteiger partial charge in [-0.2, -0.15) is 13.2 Å². The van der Waals surface area contributed by atoms with E-state index in [0.29, 0.717) is 24.5 Å². The number of nitrogens with zero attached hydrogens (tertiary/aromatic N) is 1. The highest BCUT2D eigenvalue weighted by Gasteiger charge is 2.35. The number of ether oxygens (including phenoxy) is 1. The monoisotopic (exact) mass is 418 g/mol. The fraction of sp³-hybridized carbons (Fsp3) is 0.364. The molecule has 0 bridgehead atoms. The average molecular weight is 418 g/mol. The summed E-state index contributed by atoms with van der Waals surface area (Å²) >= 11 is 0. The Kier molecular flexibility index (Phi) is 5.40. The highest BCUT2D eigenvalue weighted by Crippen LogP contribution is 2.33. The fourth-order valence-corrected chi connectivity index (χ4v) is 4.06. The first kappa shape index (κ1) is 20.3. The molecule has 2 amide bonds. The molecule has 8 heteroatoms. The van der Waals surface area contributed by atoms with Gasteiger partial charge in [-0.1, -0.05) is 12.1 Å². The van der Waals surface area contributed by atoms with Crippen LogP contribution in [-0.2, 0) is 6.18 Å². The maximum Gasteiger partial charge on any atom is 0.417 e. The Morgan fingerprint density at radius 3 is 2.70 bits per heavy atom. The highest BCUT2D eigenvalue weighted by atomic mass is 19.4. The minimum absolute atomic E-state index is 0.122. The van der Waals surface area contributed by atoms with E-state index in [1.54, 1.807) is 6.07 Å². The first-order valence-corrected chi connectivity index (χ1v) is 9.90. The smallest absolute Gasteiger partial charge is 0.417 e. The van der Waals surface area contributed by atoms with Crippen molar-refractivity contribution in [1.82, 2.24) is 4.90 Å². The second-order valence-electron chi connectivity index (χ2n) is 7.49. The predicted octanol–water partition coefficient (Wildman–Crippen LogP) is 4.73. The quantitative estimate of drug-likeness (QED) is 0.767. The number of amides is 2. The molecule has 0 radical (unpaired) electrons. The molecule has 4 rings (SSSR count). The third-order valence-corrected chi connectivity index (χ3v) is 5.54. The predicted molar refractivity (Wildman–Crippen MR) is 105 cm³/mol. The Balaban J connectivity index is 1.62. The van der Waals surface area contributed by atoms with E-state index >= 15 is 0 Å². The number of benzene rings is 2. The van der Waals surface area contributed by atoms with Crippen molar-refractivity contribution in [2.45, 2.75) is 37.9 Å². The second-order valence-corrected chi connectivity index (χ2v) is 7.49. The number of hydrogen-bond donors (Lipinski definition) is 1. The first-order valence-electron chi connectivity index (χ1n) is 9.90. The number of halogens is 3. The molecular weight excluding hydrogens is 397 g/mol. The van der Waals surface area contributed by atoms with Crippen LogP contribution in [0.5, 0.6) is 5.75 Å². The SMILES string of the molecule is O=C(Nc1ccc2c(c1)C(=O)N1CCCCC1CCO2)c1ccccc1C(F)(F)F. The number of alkyl halides is 3. The minimum atomic E-state index is -4.65. The Hall–Kier alpha value is -3.03. The van der Waals surface area contributed by atoms with Crippen LogP contribution in [0.1, 0.15) is 52.0 Å². The van der Waals surface area contributed by atoms with Crippen molar-refractivity contribution < 1.29 is 27.5 Å². The summed E-state index contributed by atoms with van der Waals surface area (Å²) in [6.07, 6.45) is -0.959. The van der Waals surface area contributed by atoms with Crippen molar-refractivity contribution >= 4 is 17.5 Å². The number of hydrogen-bond acceptors (Lipinski definition) is 3. The molecule has 1 unspecified atom stereocenters. The molecule has 0 spiro atoms. The van der Waals surface area contributed by atoms with Gasteiger partial charge < -0.3 is 15.0 Å². The fourth-order valence-electron chi connectivity index (χ4n) is 4.06. The lowest BCUT2D eigenvalue weighted by Crippen LogP contribution is -2.45. The topological polar surface area (TPSA) is 58.6 Å². The van der Waals surface area contributed by atoms with Gasteiger partial charge in [0.1, 0.15) is 5.75 Å². The van der Waals surface area contributed by atoms with E-state index in [0.717, 1.165) is 37.8 Å². The zero-order chi connectivity index (χ0) is 21.3. The van der Waals surface area contributed by atoms with E-state index in [1.807, 2.05) is 4.90 Å². The molecule has 0 aliphatic carbocycles. The highest BCUT2D eigenvalue weighted by molar-refractivity contribution is 6.06. The van der Waals surface area contributed by atoms with Gasteiger partial charge in [-0.05, 0) is 49.6 Å². The Labute approximate surface area is 171 Å². The van der Waals surface area contributed by atoms with Gasteiger partial charge in [-0.3, -0.25) is 9.59 Å². The molecule has 2 aliphatic rings. The molecule has 2 aliphatic heterocycles. The number of carbonyl (C=O) groups is 2. The molecule has 2 heterocycles. The maximum atomic E-state index is 13.2. The Morgan fingerprint density at radius 1 is 1.10 bits per heavy atom. The van der Waals surface area contributed by atoms with E-state index in [4.69, 9.17) is 4.74 Å². The van der Waals surface area contributed by atoms with Crippen molar-refractivity contribution in [3.8, 4) is 5.75 Å². The van der Waals surface area contributed by atoms with Crippen LogP contribution in [0, 0.1) is 0 Å². The van der Waals surface area contributed by atoms with Crippen molar-refractivity contribution in [3.63, 3.8) is 0 Å². The number of rotatable bonds is 2. The lowest BCUT2D eigenvalue weighted by atomic mass is 9.97. The molecule has 2 aromatic rings. The largest absolute Gasteiger partial charge is 0.493 e. The van der Waals surface area contributed by atoms with Gasteiger partial charge in [0.2, 0.25) is 0 Å². The molecule has 1 atom stereocenters. The zero-order valence-corrected chi connectivity index (χ0v) is 16.2. The summed E-state index contributed by atoms with van der Waals surface area (Å²) in [5.41, 5.74) is -0.940. The lowest BCUT2D eigenvalue weighted by molar-refractivity contribution is -0.137. The summed E-state index contributed by atoms with van der Waals surface area (Å²) in [4.78, 5) is 27.5. The summed E-state index contributed by atoms with van der Waals surface area (Å²) in [6, 6.07) is 9.29. The molecule has 2 aromatic carbocycles. The van der Waals surface area contributed by atoms with E-state index in [9.17, 15) is 22.8 Å². The van der Waals surface area contributed by atoms with Crippen LogP contribution >= 0.6 is 0 Å². The van der Waals surface area contributed by atoms with Crippen LogP contribution in [0.25, 0.3) is 0 Å².